The van der Waals surface area contributed by atoms with Crippen molar-refractivity contribution in [1.29, 1.82) is 0 Å². The number of rotatable bonds is 2. The Labute approximate surface area is 114 Å². The predicted octanol–water partition coefficient (Wildman–Crippen LogP) is 1.14. The number of nitrogens with one attached hydrogen (secondary N) is 1. The van der Waals surface area contributed by atoms with E-state index >= 15 is 0 Å². The van der Waals surface area contributed by atoms with Crippen LogP contribution in [0, 0.1) is 5.82 Å². The number of benzene rings is 1. The zero-order chi connectivity index (χ0) is 14.2. The number of methoxy groups -OCH3 is 1. The van der Waals surface area contributed by atoms with Crippen molar-refractivity contribution < 1.29 is 14.2 Å². The Kier molecular flexibility index (Phi) is 3.43. The van der Waals surface area contributed by atoms with Gasteiger partial charge in [-0.2, -0.15) is 4.39 Å². The van der Waals surface area contributed by atoms with E-state index in [0.29, 0.717) is 14.8 Å². The molecule has 0 spiro atoms. The van der Waals surface area contributed by atoms with E-state index in [1.54, 1.807) is 4.98 Å². The molecule has 0 radical (unpaired) electrons. The molecule has 6 nitrogen and oxygen atoms in total. The van der Waals surface area contributed by atoms with Crippen LogP contribution in [0.1, 0.15) is 0 Å². The maximum absolute atomic E-state index is 13.3. The minimum absolute atomic E-state index is 0.172. The van der Waals surface area contributed by atoms with Crippen molar-refractivity contribution in [1.82, 2.24) is 9.55 Å². The average Bonchev–Trinajstić information content (AvgIpc) is 2.36. The molecule has 0 unspecified atom stereocenters. The third kappa shape index (κ3) is 2.26. The van der Waals surface area contributed by atoms with E-state index in [0.717, 1.165) is 0 Å². The molecule has 2 N–H and O–H groups in total. The van der Waals surface area contributed by atoms with Crippen molar-refractivity contribution in [3.05, 3.63) is 49.3 Å². The summed E-state index contributed by atoms with van der Waals surface area (Å²) in [6.45, 7) is 0. The third-order valence-corrected chi connectivity index (χ3v) is 3.04. The molecule has 19 heavy (non-hydrogen) atoms. The molecular formula is C11H8BrFN2O4. The van der Waals surface area contributed by atoms with Gasteiger partial charge in [0.2, 0.25) is 11.7 Å². The highest BCUT2D eigenvalue weighted by molar-refractivity contribution is 9.10. The van der Waals surface area contributed by atoms with Crippen LogP contribution in [0.15, 0.2) is 32.3 Å². The quantitative estimate of drug-likeness (QED) is 0.864. The molecule has 1 aromatic carbocycles. The van der Waals surface area contributed by atoms with Gasteiger partial charge < -0.3 is 9.84 Å². The summed E-state index contributed by atoms with van der Waals surface area (Å²) in [5.41, 5.74) is -2.04. The first kappa shape index (κ1) is 13.3. The fourth-order valence-corrected chi connectivity index (χ4v) is 2.07. The second-order valence-electron chi connectivity index (χ2n) is 3.55. The molecule has 0 saturated carbocycles. The van der Waals surface area contributed by atoms with E-state index in [1.165, 1.54) is 25.3 Å². The van der Waals surface area contributed by atoms with Gasteiger partial charge in [0.15, 0.2) is 0 Å². The van der Waals surface area contributed by atoms with Crippen LogP contribution in [0.5, 0.6) is 11.6 Å². The minimum Gasteiger partial charge on any atom is -0.496 e. The molecule has 0 atom stereocenters. The van der Waals surface area contributed by atoms with Gasteiger partial charge in [-0.05, 0) is 34.1 Å². The number of halogens is 2. The Morgan fingerprint density at radius 2 is 2.11 bits per heavy atom. The van der Waals surface area contributed by atoms with Crippen LogP contribution in [0.4, 0.5) is 4.39 Å². The number of aromatic amines is 1. The first-order valence-corrected chi connectivity index (χ1v) is 5.82. The lowest BCUT2D eigenvalue weighted by atomic mass is 10.3. The Bertz CT molecular complexity index is 753. The molecule has 0 amide bonds. The molecule has 1 heterocycles. The summed E-state index contributed by atoms with van der Waals surface area (Å²) in [5, 5.41) is 9.55. The molecule has 0 aliphatic heterocycles. The van der Waals surface area contributed by atoms with Crippen LogP contribution >= 0.6 is 15.9 Å². The Hall–Kier alpha value is -2.09. The fourth-order valence-electron chi connectivity index (χ4n) is 1.54. The molecule has 2 aromatic rings. The molecule has 0 saturated heterocycles. The molecule has 100 valence electrons. The van der Waals surface area contributed by atoms with Crippen LogP contribution in [0.2, 0.25) is 0 Å². The van der Waals surface area contributed by atoms with Crippen molar-refractivity contribution in [2.45, 2.75) is 0 Å². The molecule has 8 heteroatoms. The van der Waals surface area contributed by atoms with Crippen LogP contribution in [-0.2, 0) is 0 Å². The monoisotopic (exact) mass is 330 g/mol. The summed E-state index contributed by atoms with van der Waals surface area (Å²) in [7, 11) is 1.46. The first-order chi connectivity index (χ1) is 8.95. The number of ether oxygens (including phenoxy) is 1. The number of hydrogen-bond acceptors (Lipinski definition) is 4. The maximum Gasteiger partial charge on any atom is 0.335 e. The lowest BCUT2D eigenvalue weighted by Crippen LogP contribution is -2.30. The van der Waals surface area contributed by atoms with Gasteiger partial charge >= 0.3 is 5.69 Å². The van der Waals surface area contributed by atoms with Crippen LogP contribution in [-0.4, -0.2) is 21.8 Å². The highest BCUT2D eigenvalue weighted by atomic mass is 79.9. The summed E-state index contributed by atoms with van der Waals surface area (Å²) in [4.78, 5) is 24.4. The Morgan fingerprint density at radius 1 is 1.42 bits per heavy atom. The summed E-state index contributed by atoms with van der Waals surface area (Å²) >= 11 is 3.20. The molecule has 0 fully saturated rings. The van der Waals surface area contributed by atoms with Crippen molar-refractivity contribution in [2.75, 3.05) is 7.11 Å². The standard InChI is InChI=1S/C11H8BrFN2O4/c1-19-7-3-2-5(4-6(7)12)15-10(17)8(13)9(16)14-11(15)18/h2-4,17H,1H3,(H,14,16,18). The van der Waals surface area contributed by atoms with Gasteiger partial charge in [-0.25, -0.2) is 9.36 Å². The number of hydrogen-bond donors (Lipinski definition) is 2. The second-order valence-corrected chi connectivity index (χ2v) is 4.41. The number of H-pyrrole nitrogens is 1. The van der Waals surface area contributed by atoms with E-state index in [1.807, 2.05) is 0 Å². The molecule has 0 aliphatic carbocycles. The van der Waals surface area contributed by atoms with Crippen LogP contribution in [0.25, 0.3) is 5.69 Å². The van der Waals surface area contributed by atoms with Crippen LogP contribution in [0.3, 0.4) is 0 Å². The predicted molar refractivity (Wildman–Crippen MR) is 68.5 cm³/mol. The van der Waals surface area contributed by atoms with Gasteiger partial charge in [0.25, 0.3) is 5.56 Å². The van der Waals surface area contributed by atoms with Gasteiger partial charge in [-0.1, -0.05) is 0 Å². The molecule has 2 rings (SSSR count). The highest BCUT2D eigenvalue weighted by Gasteiger charge is 2.15. The van der Waals surface area contributed by atoms with E-state index in [4.69, 9.17) is 4.74 Å². The van der Waals surface area contributed by atoms with Gasteiger partial charge in [0.05, 0.1) is 17.3 Å². The average molecular weight is 331 g/mol. The van der Waals surface area contributed by atoms with Gasteiger partial charge in [0, 0.05) is 0 Å². The summed E-state index contributed by atoms with van der Waals surface area (Å²) < 4.78 is 19.5. The molecule has 0 aliphatic rings. The Morgan fingerprint density at radius 3 is 2.68 bits per heavy atom. The zero-order valence-electron chi connectivity index (χ0n) is 9.61. The highest BCUT2D eigenvalue weighted by Crippen LogP contribution is 2.27. The van der Waals surface area contributed by atoms with E-state index < -0.39 is 22.9 Å². The Balaban J connectivity index is 2.73. The van der Waals surface area contributed by atoms with Crippen molar-refractivity contribution in [3.8, 4) is 17.3 Å². The number of aromatic nitrogens is 2. The zero-order valence-corrected chi connectivity index (χ0v) is 11.2. The summed E-state index contributed by atoms with van der Waals surface area (Å²) in [6, 6.07) is 4.40. The van der Waals surface area contributed by atoms with Crippen molar-refractivity contribution in [2.24, 2.45) is 0 Å². The SMILES string of the molecule is COc1ccc(-n2c(O)c(F)c(=O)[nH]c2=O)cc1Br. The third-order valence-electron chi connectivity index (χ3n) is 2.42. The molecule has 1 aromatic heterocycles. The number of aromatic hydroxyl groups is 1. The van der Waals surface area contributed by atoms with Crippen LogP contribution < -0.4 is 16.0 Å². The normalized spacial score (nSPS) is 10.5. The second kappa shape index (κ2) is 4.88. The maximum atomic E-state index is 13.3. The van der Waals surface area contributed by atoms with Crippen molar-refractivity contribution >= 4 is 15.9 Å². The smallest absolute Gasteiger partial charge is 0.335 e. The van der Waals surface area contributed by atoms with Gasteiger partial charge in [0.1, 0.15) is 5.75 Å². The first-order valence-electron chi connectivity index (χ1n) is 5.03. The topological polar surface area (TPSA) is 84.3 Å². The summed E-state index contributed by atoms with van der Waals surface area (Å²) in [5.74, 6) is -1.97. The van der Waals surface area contributed by atoms with E-state index in [9.17, 15) is 19.1 Å². The largest absolute Gasteiger partial charge is 0.496 e. The summed E-state index contributed by atoms with van der Waals surface area (Å²) in [6.07, 6.45) is 0. The lowest BCUT2D eigenvalue weighted by Gasteiger charge is -2.10. The molecule has 0 bridgehead atoms. The van der Waals surface area contributed by atoms with E-state index in [2.05, 4.69) is 15.9 Å². The lowest BCUT2D eigenvalue weighted by molar-refractivity contribution is 0.385. The molecular weight excluding hydrogens is 323 g/mol. The fraction of sp³-hybridized carbons (Fsp3) is 0.0909. The van der Waals surface area contributed by atoms with Gasteiger partial charge in [-0.15, -0.1) is 0 Å². The number of nitrogens with zero attached hydrogens (tertiary/aromatic N) is 1. The van der Waals surface area contributed by atoms with Gasteiger partial charge in [-0.3, -0.25) is 9.78 Å². The van der Waals surface area contributed by atoms with Crippen molar-refractivity contribution in [3.63, 3.8) is 0 Å². The minimum atomic E-state index is -1.42. The van der Waals surface area contributed by atoms with E-state index in [-0.39, 0.29) is 5.69 Å².